The fourth-order valence-electron chi connectivity index (χ4n) is 7.90. The molecule has 0 aliphatic carbocycles. The van der Waals surface area contributed by atoms with Crippen LogP contribution in [0.3, 0.4) is 0 Å². The number of hydrogen-bond acceptors (Lipinski definition) is 3. The van der Waals surface area contributed by atoms with Gasteiger partial charge in [0.25, 0.3) is 0 Å². The number of fused-ring (bicyclic) bond motifs is 6. The van der Waals surface area contributed by atoms with Crippen molar-refractivity contribution >= 4 is 162 Å². The van der Waals surface area contributed by atoms with Gasteiger partial charge in [0.1, 0.15) is 85.1 Å². The van der Waals surface area contributed by atoms with Gasteiger partial charge in [0.2, 0.25) is 0 Å². The molecule has 0 spiro atoms. The van der Waals surface area contributed by atoms with Crippen molar-refractivity contribution in [1.82, 2.24) is 0 Å². The van der Waals surface area contributed by atoms with Crippen molar-refractivity contribution in [2.75, 3.05) is 5.32 Å². The zero-order valence-corrected chi connectivity index (χ0v) is 28.4. The zero-order valence-electron chi connectivity index (χ0n) is 28.4. The first-order chi connectivity index (χ1) is 22.7. The number of hydrogen-bond donors (Lipinski definition) is 1. The number of rotatable bonds is 4. The second-order valence-corrected chi connectivity index (χ2v) is 13.2. The van der Waals surface area contributed by atoms with E-state index in [4.69, 9.17) is 8.83 Å². The van der Waals surface area contributed by atoms with E-state index >= 15 is 0 Å². The van der Waals surface area contributed by atoms with E-state index in [-0.39, 0.29) is 0 Å². The molecule has 0 aliphatic heterocycles. The average molecular weight is 596 g/mol. The Hall–Kier alpha value is -4.76. The zero-order chi connectivity index (χ0) is 32.7. The number of para-hydroxylation sites is 2. The number of anilines is 2. The second-order valence-electron chi connectivity index (χ2n) is 13.2. The molecule has 2 heterocycles. The highest BCUT2D eigenvalue weighted by Crippen LogP contribution is 2.36. The fourth-order valence-corrected chi connectivity index (χ4v) is 7.90. The number of nitrogens with one attached hydrogen (secondary N) is 1. The predicted octanol–water partition coefficient (Wildman–Crippen LogP) is -3.37. The van der Waals surface area contributed by atoms with Crippen molar-refractivity contribution in [2.24, 2.45) is 0 Å². The maximum absolute atomic E-state index is 6.27. The van der Waals surface area contributed by atoms with Gasteiger partial charge < -0.3 is 14.2 Å². The minimum atomic E-state index is 0.925. The fraction of sp³-hybridized carbons (Fsp3) is 0. The van der Waals surface area contributed by atoms with Crippen molar-refractivity contribution in [3.63, 3.8) is 0 Å². The van der Waals surface area contributed by atoms with Crippen LogP contribution in [0, 0.1) is 0 Å². The molecule has 8 aromatic rings. The van der Waals surface area contributed by atoms with Gasteiger partial charge in [-0.25, -0.2) is 0 Å². The van der Waals surface area contributed by atoms with Gasteiger partial charge in [0.05, 0.1) is 0 Å². The highest BCUT2D eigenvalue weighted by molar-refractivity contribution is 6.65. The molecule has 6 aromatic carbocycles. The van der Waals surface area contributed by atoms with Gasteiger partial charge in [-0.2, -0.15) is 0 Å². The summed E-state index contributed by atoms with van der Waals surface area (Å²) in [7, 11) is 18.1. The summed E-state index contributed by atoms with van der Waals surface area (Å²) in [5.41, 5.74) is 21.3. The molecule has 11 heteroatoms. The lowest BCUT2D eigenvalue weighted by Crippen LogP contribution is -2.48. The summed E-state index contributed by atoms with van der Waals surface area (Å²) in [6.07, 6.45) is 0. The summed E-state index contributed by atoms with van der Waals surface area (Å²) in [6.45, 7) is 0. The Bertz CT molecular complexity index is 2370. The van der Waals surface area contributed by atoms with E-state index in [1.807, 2.05) is 12.1 Å². The Kier molecular flexibility index (Phi) is 6.88. The number of benzene rings is 6. The Balaban J connectivity index is 1.28. The maximum atomic E-state index is 6.27. The molecule has 2 aromatic heterocycles. The van der Waals surface area contributed by atoms with E-state index in [0.29, 0.717) is 0 Å². The third-order valence-electron chi connectivity index (χ3n) is 10.8. The van der Waals surface area contributed by atoms with Crippen LogP contribution in [0.2, 0.25) is 0 Å². The first-order valence-corrected chi connectivity index (χ1v) is 16.5. The van der Waals surface area contributed by atoms with E-state index < -0.39 is 0 Å². The van der Waals surface area contributed by atoms with Crippen LogP contribution in [-0.4, -0.2) is 62.8 Å². The first-order valence-electron chi connectivity index (χ1n) is 16.5. The second kappa shape index (κ2) is 10.9. The SMILES string of the molecule is Bc1c(B)c(-c2cccc3oc4ccccc4c23)c(B)c(B)c1Nc1c(B)c(B)c(-c2cccc3oc4ccccc4c23)c(B)c1B. The summed E-state index contributed by atoms with van der Waals surface area (Å²) in [4.78, 5) is 0. The molecule has 1 N–H and O–H groups in total. The molecular formula is C36H31B8NO2. The van der Waals surface area contributed by atoms with Crippen molar-refractivity contribution in [3.05, 3.63) is 84.9 Å². The van der Waals surface area contributed by atoms with Crippen LogP contribution in [0.4, 0.5) is 11.4 Å². The van der Waals surface area contributed by atoms with E-state index in [1.54, 1.807) is 0 Å². The van der Waals surface area contributed by atoms with Gasteiger partial charge in [-0.05, 0) is 46.5 Å². The molecule has 0 radical (unpaired) electrons. The van der Waals surface area contributed by atoms with Crippen LogP contribution in [0.1, 0.15) is 0 Å². The molecular weight excluding hydrogens is 565 g/mol. The smallest absolute Gasteiger partial charge is 0.141 e. The standard InChI is InChI=1S/C36H31B8NO2/c37-27-25(17-9-5-13-21-23(17)15-7-1-3-11-19(15)46-21)28(38)32(42)35(31(27)41)45-36-33(43)29(39)26(30(40)34(36)44)18-10-6-14-22-24(18)16-8-2-4-12-20(16)47-22/h1-14,45H,37-44H2. The Morgan fingerprint density at radius 3 is 1.09 bits per heavy atom. The molecule has 216 valence electrons. The Morgan fingerprint density at radius 1 is 0.362 bits per heavy atom. The Labute approximate surface area is 282 Å². The van der Waals surface area contributed by atoms with Crippen molar-refractivity contribution < 1.29 is 8.83 Å². The summed E-state index contributed by atoms with van der Waals surface area (Å²) in [5.74, 6) is 0. The van der Waals surface area contributed by atoms with Crippen LogP contribution in [0.25, 0.3) is 66.1 Å². The molecule has 0 saturated carbocycles. The van der Waals surface area contributed by atoms with E-state index in [0.717, 1.165) is 33.1 Å². The van der Waals surface area contributed by atoms with Crippen molar-refractivity contribution in [1.29, 1.82) is 0 Å². The van der Waals surface area contributed by atoms with Gasteiger partial charge in [0, 0.05) is 32.9 Å². The van der Waals surface area contributed by atoms with Gasteiger partial charge in [-0.15, -0.1) is 0 Å². The van der Waals surface area contributed by atoms with E-state index in [9.17, 15) is 0 Å². The van der Waals surface area contributed by atoms with Crippen molar-refractivity contribution in [2.45, 2.75) is 0 Å². The van der Waals surface area contributed by atoms with Crippen LogP contribution < -0.4 is 49.0 Å². The summed E-state index contributed by atoms with van der Waals surface area (Å²) in [6, 6.07) is 29.6. The topological polar surface area (TPSA) is 38.3 Å². The lowest BCUT2D eigenvalue weighted by Gasteiger charge is -2.27. The minimum absolute atomic E-state index is 0.925. The molecule has 3 nitrogen and oxygen atoms in total. The molecule has 0 bridgehead atoms. The minimum Gasteiger partial charge on any atom is -0.456 e. The normalized spacial score (nSPS) is 11.7. The molecule has 8 rings (SSSR count). The lowest BCUT2D eigenvalue weighted by molar-refractivity contribution is 0.668. The highest BCUT2D eigenvalue weighted by Gasteiger charge is 2.23. The summed E-state index contributed by atoms with van der Waals surface area (Å²) in [5, 5.41) is 8.67. The van der Waals surface area contributed by atoms with E-state index in [2.05, 4.69) is 141 Å². The molecule has 47 heavy (non-hydrogen) atoms. The van der Waals surface area contributed by atoms with E-state index in [1.165, 1.54) is 88.1 Å². The molecule has 0 saturated heterocycles. The summed E-state index contributed by atoms with van der Waals surface area (Å²) < 4.78 is 12.5. The highest BCUT2D eigenvalue weighted by atomic mass is 16.3. The molecule has 0 amide bonds. The van der Waals surface area contributed by atoms with Gasteiger partial charge in [0.15, 0.2) is 0 Å². The molecule has 0 fully saturated rings. The van der Waals surface area contributed by atoms with Crippen LogP contribution in [0.5, 0.6) is 0 Å². The van der Waals surface area contributed by atoms with Crippen LogP contribution in [0.15, 0.2) is 93.8 Å². The maximum Gasteiger partial charge on any atom is 0.141 e. The van der Waals surface area contributed by atoms with Crippen LogP contribution >= 0.6 is 0 Å². The first kappa shape index (κ1) is 29.6. The Morgan fingerprint density at radius 2 is 0.702 bits per heavy atom. The molecule has 0 aliphatic rings. The van der Waals surface area contributed by atoms with Gasteiger partial charge >= 0.3 is 0 Å². The number of furan rings is 2. The lowest BCUT2D eigenvalue weighted by atomic mass is 9.63. The third-order valence-corrected chi connectivity index (χ3v) is 10.8. The predicted molar refractivity (Wildman–Crippen MR) is 227 cm³/mol. The quantitative estimate of drug-likeness (QED) is 0.216. The largest absolute Gasteiger partial charge is 0.456 e. The van der Waals surface area contributed by atoms with Gasteiger partial charge in [-0.3, -0.25) is 0 Å². The monoisotopic (exact) mass is 597 g/mol. The average Bonchev–Trinajstić information content (AvgIpc) is 3.66. The van der Waals surface area contributed by atoms with Gasteiger partial charge in [-0.1, -0.05) is 104 Å². The third kappa shape index (κ3) is 4.32. The van der Waals surface area contributed by atoms with Crippen LogP contribution in [-0.2, 0) is 0 Å². The molecule has 0 unspecified atom stereocenters. The summed E-state index contributed by atoms with van der Waals surface area (Å²) >= 11 is 0. The van der Waals surface area contributed by atoms with Crippen molar-refractivity contribution in [3.8, 4) is 22.3 Å². The molecule has 0 atom stereocenters.